The molecular weight excluding hydrogens is 314 g/mol. The summed E-state index contributed by atoms with van der Waals surface area (Å²) in [6.07, 6.45) is 2.24. The highest BCUT2D eigenvalue weighted by Crippen LogP contribution is 2.51. The Morgan fingerprint density at radius 2 is 1.84 bits per heavy atom. The number of ether oxygens (including phenoxy) is 1. The summed E-state index contributed by atoms with van der Waals surface area (Å²) in [5.41, 5.74) is 1.94. The lowest BCUT2D eigenvalue weighted by Crippen LogP contribution is -2.62. The first-order valence-electron chi connectivity index (χ1n) is 9.47. The topological polar surface area (TPSA) is 49.8 Å². The first kappa shape index (κ1) is 18.4. The average Bonchev–Trinajstić information content (AvgIpc) is 2.60. The van der Waals surface area contributed by atoms with Crippen molar-refractivity contribution in [3.63, 3.8) is 0 Å². The van der Waals surface area contributed by atoms with Gasteiger partial charge in [-0.05, 0) is 42.9 Å². The van der Waals surface area contributed by atoms with E-state index in [1.165, 1.54) is 5.56 Å². The molecule has 1 N–H and O–H groups in total. The number of nitrogens with zero attached hydrogens (tertiary/aromatic N) is 1. The standard InChI is InChI=1S/C21H31NO3/c1-5-25-18-14-17(23)21(18)10-12-22(13-11-21)19(24)15-6-8-16(9-7-15)20(2,3)4/h6-9,17-18,23H,5,10-14H2,1-4H3. The zero-order chi connectivity index (χ0) is 18.2. The number of carbonyl (C=O) groups excluding carboxylic acids is 1. The van der Waals surface area contributed by atoms with Crippen LogP contribution in [0, 0.1) is 5.41 Å². The molecule has 1 aromatic rings. The van der Waals surface area contributed by atoms with Crippen LogP contribution < -0.4 is 0 Å². The molecule has 3 rings (SSSR count). The van der Waals surface area contributed by atoms with Crippen molar-refractivity contribution in [1.29, 1.82) is 0 Å². The van der Waals surface area contributed by atoms with Gasteiger partial charge in [0.1, 0.15) is 0 Å². The summed E-state index contributed by atoms with van der Waals surface area (Å²) in [6.45, 7) is 10.6. The second-order valence-electron chi connectivity index (χ2n) is 8.55. The zero-order valence-corrected chi connectivity index (χ0v) is 15.9. The number of rotatable bonds is 3. The third kappa shape index (κ3) is 3.34. The summed E-state index contributed by atoms with van der Waals surface area (Å²) in [5, 5.41) is 10.3. The molecule has 1 aliphatic heterocycles. The van der Waals surface area contributed by atoms with Gasteiger partial charge in [0.25, 0.3) is 5.91 Å². The molecule has 1 aliphatic carbocycles. The van der Waals surface area contributed by atoms with Crippen molar-refractivity contribution in [2.45, 2.75) is 64.6 Å². The van der Waals surface area contributed by atoms with E-state index in [1.54, 1.807) is 0 Å². The smallest absolute Gasteiger partial charge is 0.253 e. The molecule has 4 heteroatoms. The van der Waals surface area contributed by atoms with E-state index in [0.29, 0.717) is 19.7 Å². The van der Waals surface area contributed by atoms with Crippen LogP contribution >= 0.6 is 0 Å². The Bertz CT molecular complexity index is 607. The Morgan fingerprint density at radius 3 is 2.32 bits per heavy atom. The van der Waals surface area contributed by atoms with Gasteiger partial charge < -0.3 is 14.7 Å². The molecule has 2 fully saturated rings. The molecule has 1 heterocycles. The minimum Gasteiger partial charge on any atom is -0.392 e. The molecule has 1 aromatic carbocycles. The molecule has 0 aromatic heterocycles. The summed E-state index contributed by atoms with van der Waals surface area (Å²) in [7, 11) is 0. The van der Waals surface area contributed by atoms with Gasteiger partial charge in [0.2, 0.25) is 0 Å². The van der Waals surface area contributed by atoms with Gasteiger partial charge >= 0.3 is 0 Å². The van der Waals surface area contributed by atoms with E-state index in [4.69, 9.17) is 4.74 Å². The van der Waals surface area contributed by atoms with E-state index >= 15 is 0 Å². The molecule has 138 valence electrons. The van der Waals surface area contributed by atoms with Crippen LogP contribution in [0.25, 0.3) is 0 Å². The maximum atomic E-state index is 12.8. The number of likely N-dealkylation sites (tertiary alicyclic amines) is 1. The summed E-state index contributed by atoms with van der Waals surface area (Å²) < 4.78 is 5.80. The molecule has 2 aliphatic rings. The van der Waals surface area contributed by atoms with E-state index in [1.807, 2.05) is 24.0 Å². The van der Waals surface area contributed by atoms with Gasteiger partial charge in [-0.1, -0.05) is 32.9 Å². The predicted octanol–water partition coefficient (Wildman–Crippen LogP) is 3.38. The first-order chi connectivity index (χ1) is 11.8. The second-order valence-corrected chi connectivity index (χ2v) is 8.55. The summed E-state index contributed by atoms with van der Waals surface area (Å²) in [5.74, 6) is 0.0945. The molecule has 25 heavy (non-hydrogen) atoms. The number of carbonyl (C=O) groups is 1. The normalized spacial score (nSPS) is 25.7. The number of aliphatic hydroxyl groups excluding tert-OH is 1. The molecule has 0 bridgehead atoms. The lowest BCUT2D eigenvalue weighted by Gasteiger charge is -2.56. The monoisotopic (exact) mass is 345 g/mol. The van der Waals surface area contributed by atoms with Crippen molar-refractivity contribution in [2.75, 3.05) is 19.7 Å². The predicted molar refractivity (Wildman–Crippen MR) is 98.8 cm³/mol. The largest absolute Gasteiger partial charge is 0.392 e. The van der Waals surface area contributed by atoms with Crippen molar-refractivity contribution in [3.8, 4) is 0 Å². The highest BCUT2D eigenvalue weighted by Gasteiger charge is 2.56. The lowest BCUT2D eigenvalue weighted by molar-refractivity contribution is -0.207. The summed E-state index contributed by atoms with van der Waals surface area (Å²) in [6, 6.07) is 7.99. The number of benzene rings is 1. The Balaban J connectivity index is 1.64. The quantitative estimate of drug-likeness (QED) is 0.914. The van der Waals surface area contributed by atoms with Gasteiger partial charge in [-0.15, -0.1) is 0 Å². The molecule has 0 radical (unpaired) electrons. The number of hydrogen-bond donors (Lipinski definition) is 1. The van der Waals surface area contributed by atoms with E-state index in [-0.39, 0.29) is 28.9 Å². The van der Waals surface area contributed by atoms with Crippen LogP contribution in [0.3, 0.4) is 0 Å². The first-order valence-corrected chi connectivity index (χ1v) is 9.47. The Kier molecular flexibility index (Phi) is 4.95. The molecular formula is C21H31NO3. The molecule has 1 spiro atoms. The fourth-order valence-corrected chi connectivity index (χ4v) is 4.24. The van der Waals surface area contributed by atoms with Gasteiger partial charge in [0, 0.05) is 37.1 Å². The van der Waals surface area contributed by atoms with Gasteiger partial charge in [-0.2, -0.15) is 0 Å². The third-order valence-corrected chi connectivity index (χ3v) is 6.09. The Morgan fingerprint density at radius 1 is 1.24 bits per heavy atom. The SMILES string of the molecule is CCOC1CC(O)C12CCN(C(=O)c1ccc(C(C)(C)C)cc1)CC2. The van der Waals surface area contributed by atoms with Crippen LogP contribution in [-0.2, 0) is 10.2 Å². The molecule has 2 atom stereocenters. The van der Waals surface area contributed by atoms with Crippen molar-refractivity contribution in [1.82, 2.24) is 4.90 Å². The van der Waals surface area contributed by atoms with Gasteiger partial charge in [0.05, 0.1) is 12.2 Å². The third-order valence-electron chi connectivity index (χ3n) is 6.09. The van der Waals surface area contributed by atoms with Crippen molar-refractivity contribution >= 4 is 5.91 Å². The molecule has 4 nitrogen and oxygen atoms in total. The van der Waals surface area contributed by atoms with E-state index in [9.17, 15) is 9.90 Å². The lowest BCUT2D eigenvalue weighted by atomic mass is 9.58. The number of aliphatic hydroxyl groups is 1. The maximum Gasteiger partial charge on any atom is 0.253 e. The zero-order valence-electron chi connectivity index (χ0n) is 15.9. The van der Waals surface area contributed by atoms with Crippen LogP contribution in [-0.4, -0.2) is 47.8 Å². The molecule has 2 unspecified atom stereocenters. The van der Waals surface area contributed by atoms with Crippen molar-refractivity contribution in [3.05, 3.63) is 35.4 Å². The van der Waals surface area contributed by atoms with Gasteiger partial charge in [-0.3, -0.25) is 4.79 Å². The molecule has 1 amide bonds. The Labute approximate surface area is 151 Å². The highest BCUT2D eigenvalue weighted by molar-refractivity contribution is 5.94. The molecule has 1 saturated carbocycles. The van der Waals surface area contributed by atoms with Crippen molar-refractivity contribution < 1.29 is 14.6 Å². The number of hydrogen-bond acceptors (Lipinski definition) is 3. The van der Waals surface area contributed by atoms with Gasteiger partial charge in [-0.25, -0.2) is 0 Å². The van der Waals surface area contributed by atoms with E-state index in [2.05, 4.69) is 32.9 Å². The van der Waals surface area contributed by atoms with Crippen molar-refractivity contribution in [2.24, 2.45) is 5.41 Å². The summed E-state index contributed by atoms with van der Waals surface area (Å²) >= 11 is 0. The van der Waals surface area contributed by atoms with E-state index < -0.39 is 0 Å². The Hall–Kier alpha value is -1.39. The fourth-order valence-electron chi connectivity index (χ4n) is 4.24. The number of amides is 1. The van der Waals surface area contributed by atoms with Crippen LogP contribution in [0.1, 0.15) is 62.9 Å². The van der Waals surface area contributed by atoms with Crippen LogP contribution in [0.2, 0.25) is 0 Å². The minimum absolute atomic E-state index is 0.0910. The maximum absolute atomic E-state index is 12.8. The number of piperidine rings is 1. The molecule has 1 saturated heterocycles. The van der Waals surface area contributed by atoms with Crippen LogP contribution in [0.5, 0.6) is 0 Å². The van der Waals surface area contributed by atoms with Crippen LogP contribution in [0.15, 0.2) is 24.3 Å². The van der Waals surface area contributed by atoms with E-state index in [0.717, 1.165) is 24.8 Å². The fraction of sp³-hybridized carbons (Fsp3) is 0.667. The second kappa shape index (κ2) is 6.73. The summed E-state index contributed by atoms with van der Waals surface area (Å²) in [4.78, 5) is 14.7. The average molecular weight is 345 g/mol. The van der Waals surface area contributed by atoms with Crippen LogP contribution in [0.4, 0.5) is 0 Å². The van der Waals surface area contributed by atoms with Gasteiger partial charge in [0.15, 0.2) is 0 Å². The minimum atomic E-state index is -0.285. The highest BCUT2D eigenvalue weighted by atomic mass is 16.5.